The van der Waals surface area contributed by atoms with E-state index in [2.05, 4.69) is 4.74 Å². The maximum atomic E-state index is 14.1. The Hall–Kier alpha value is -3.52. The van der Waals surface area contributed by atoms with Crippen molar-refractivity contribution in [1.82, 2.24) is 0 Å². The molecule has 0 fully saturated rings. The van der Waals surface area contributed by atoms with Crippen LogP contribution in [0.1, 0.15) is 51.3 Å². The highest BCUT2D eigenvalue weighted by molar-refractivity contribution is 6.49. The summed E-state index contributed by atoms with van der Waals surface area (Å²) in [4.78, 5) is 25.7. The van der Waals surface area contributed by atoms with Gasteiger partial charge in [-0.1, -0.05) is 55.5 Å². The van der Waals surface area contributed by atoms with Crippen LogP contribution >= 0.6 is 0 Å². The normalized spacial score (nSPS) is 12.3. The number of ketones is 2. The summed E-state index contributed by atoms with van der Waals surface area (Å²) in [5, 5.41) is 0. The number of Topliss-reactive ketones (excluding diaryl/α,β-unsaturated/α-hetero) is 2. The molecule has 3 rings (SSSR count). The number of rotatable bonds is 9. The molecule has 1 atom stereocenters. The van der Waals surface area contributed by atoms with Crippen molar-refractivity contribution in [3.05, 3.63) is 101 Å². The minimum atomic E-state index is -4.84. The van der Waals surface area contributed by atoms with E-state index < -0.39 is 35.6 Å². The number of hydrogen-bond donors (Lipinski definition) is 0. The molecule has 3 aromatic carbocycles. The van der Waals surface area contributed by atoms with Gasteiger partial charge in [-0.3, -0.25) is 9.59 Å². The second-order valence-electron chi connectivity index (χ2n) is 7.12. The first-order valence-electron chi connectivity index (χ1n) is 10.1. The van der Waals surface area contributed by atoms with Gasteiger partial charge < -0.3 is 9.47 Å². The van der Waals surface area contributed by atoms with Crippen molar-refractivity contribution in [3.8, 4) is 5.75 Å². The van der Waals surface area contributed by atoms with Crippen LogP contribution < -0.4 is 4.74 Å². The number of hydrogen-bond acceptors (Lipinski definition) is 4. The van der Waals surface area contributed by atoms with Gasteiger partial charge in [0, 0.05) is 17.7 Å². The molecular weight excluding hydrogens is 440 g/mol. The summed E-state index contributed by atoms with van der Waals surface area (Å²) in [5.41, 5.74) is 0.604. The topological polar surface area (TPSA) is 52.6 Å². The predicted molar refractivity (Wildman–Crippen MR) is 113 cm³/mol. The summed E-state index contributed by atoms with van der Waals surface area (Å²) in [6, 6.07) is 16.2. The third-order valence-electron chi connectivity index (χ3n) is 4.69. The molecule has 33 heavy (non-hydrogen) atoms. The number of ether oxygens (including phenoxy) is 2. The number of carbonyl (C=O) groups is 2. The summed E-state index contributed by atoms with van der Waals surface area (Å²) in [5.74, 6) is -2.87. The van der Waals surface area contributed by atoms with E-state index in [1.54, 1.807) is 18.2 Å². The standard InChI is InChI=1S/C25H20F4O4/c1-2-14-32-24(17-8-11-19(12-9-17)33-25(27,28)29)20-13-10-18(26)15-21(20)23(31)22(30)16-6-4-3-5-7-16/h3-13,15,24H,2,14H2,1H3. The van der Waals surface area contributed by atoms with Crippen molar-refractivity contribution >= 4 is 11.6 Å². The lowest BCUT2D eigenvalue weighted by Gasteiger charge is -2.21. The van der Waals surface area contributed by atoms with Gasteiger partial charge in [0.05, 0.1) is 0 Å². The molecule has 0 aliphatic rings. The second kappa shape index (κ2) is 10.4. The number of carbonyl (C=O) groups excluding carboxylic acids is 2. The maximum Gasteiger partial charge on any atom is 0.573 e. The average Bonchev–Trinajstić information content (AvgIpc) is 2.79. The molecule has 0 spiro atoms. The van der Waals surface area contributed by atoms with Gasteiger partial charge in [0.1, 0.15) is 17.7 Å². The Kier molecular flexibility index (Phi) is 7.60. The molecule has 0 bridgehead atoms. The van der Waals surface area contributed by atoms with Crippen molar-refractivity contribution < 1.29 is 36.6 Å². The van der Waals surface area contributed by atoms with Crippen LogP contribution in [0.5, 0.6) is 5.75 Å². The SMILES string of the molecule is CCCOC(c1ccc(OC(F)(F)F)cc1)c1ccc(F)cc1C(=O)C(=O)c1ccccc1. The van der Waals surface area contributed by atoms with Crippen molar-refractivity contribution in [2.24, 2.45) is 0 Å². The molecule has 0 saturated heterocycles. The zero-order valence-corrected chi connectivity index (χ0v) is 17.6. The fraction of sp³-hybridized carbons (Fsp3) is 0.200. The highest BCUT2D eigenvalue weighted by Gasteiger charge is 2.31. The summed E-state index contributed by atoms with van der Waals surface area (Å²) in [7, 11) is 0. The highest BCUT2D eigenvalue weighted by atomic mass is 19.4. The van der Waals surface area contributed by atoms with E-state index in [-0.39, 0.29) is 23.3 Å². The van der Waals surface area contributed by atoms with E-state index in [1.165, 1.54) is 30.3 Å². The molecule has 8 heteroatoms. The molecule has 0 saturated carbocycles. The van der Waals surface area contributed by atoms with Crippen molar-refractivity contribution in [1.29, 1.82) is 0 Å². The molecule has 0 heterocycles. The Morgan fingerprint density at radius 1 is 0.909 bits per heavy atom. The first-order chi connectivity index (χ1) is 15.7. The van der Waals surface area contributed by atoms with Crippen LogP contribution in [0.4, 0.5) is 17.6 Å². The Morgan fingerprint density at radius 3 is 2.18 bits per heavy atom. The van der Waals surface area contributed by atoms with E-state index in [0.717, 1.165) is 24.3 Å². The Labute approximate surface area is 187 Å². The van der Waals surface area contributed by atoms with Gasteiger partial charge >= 0.3 is 6.36 Å². The van der Waals surface area contributed by atoms with Crippen molar-refractivity contribution in [2.45, 2.75) is 25.8 Å². The maximum absolute atomic E-state index is 14.1. The van der Waals surface area contributed by atoms with Gasteiger partial charge in [0.25, 0.3) is 0 Å². The van der Waals surface area contributed by atoms with E-state index >= 15 is 0 Å². The minimum Gasteiger partial charge on any atom is -0.406 e. The van der Waals surface area contributed by atoms with Crippen LogP contribution in [0.3, 0.4) is 0 Å². The largest absolute Gasteiger partial charge is 0.573 e. The quantitative estimate of drug-likeness (QED) is 0.213. The van der Waals surface area contributed by atoms with Crippen LogP contribution in [-0.4, -0.2) is 24.5 Å². The predicted octanol–water partition coefficient (Wildman–Crippen LogP) is 6.31. The lowest BCUT2D eigenvalue weighted by atomic mass is 9.91. The molecule has 0 amide bonds. The lowest BCUT2D eigenvalue weighted by Crippen LogP contribution is -2.19. The molecule has 0 aromatic heterocycles. The first-order valence-corrected chi connectivity index (χ1v) is 10.1. The van der Waals surface area contributed by atoms with Gasteiger partial charge in [0.2, 0.25) is 11.6 Å². The van der Waals surface area contributed by atoms with E-state index in [9.17, 15) is 27.2 Å². The molecular formula is C25H20F4O4. The number of halogens is 4. The first kappa shape index (κ1) is 24.1. The van der Waals surface area contributed by atoms with Gasteiger partial charge in [0.15, 0.2) is 0 Å². The van der Waals surface area contributed by atoms with Crippen molar-refractivity contribution in [3.63, 3.8) is 0 Å². The average molecular weight is 460 g/mol. The summed E-state index contributed by atoms with van der Waals surface area (Å²) >= 11 is 0. The second-order valence-corrected chi connectivity index (χ2v) is 7.12. The van der Waals surface area contributed by atoms with Gasteiger partial charge in [-0.05, 0) is 41.8 Å². The van der Waals surface area contributed by atoms with Crippen LogP contribution in [0.2, 0.25) is 0 Å². The molecule has 3 aromatic rings. The Bertz CT molecular complexity index is 1110. The van der Waals surface area contributed by atoms with Gasteiger partial charge in [-0.15, -0.1) is 13.2 Å². The molecule has 172 valence electrons. The Balaban J connectivity index is 2.01. The smallest absolute Gasteiger partial charge is 0.406 e. The number of alkyl halides is 3. The third kappa shape index (κ3) is 6.26. The lowest BCUT2D eigenvalue weighted by molar-refractivity contribution is -0.274. The monoisotopic (exact) mass is 460 g/mol. The van der Waals surface area contributed by atoms with Gasteiger partial charge in [-0.25, -0.2) is 4.39 Å². The fourth-order valence-corrected chi connectivity index (χ4v) is 3.24. The molecule has 4 nitrogen and oxygen atoms in total. The summed E-state index contributed by atoms with van der Waals surface area (Å²) in [6.45, 7) is 2.11. The van der Waals surface area contributed by atoms with Gasteiger partial charge in [-0.2, -0.15) is 0 Å². The van der Waals surface area contributed by atoms with E-state index in [4.69, 9.17) is 4.74 Å². The van der Waals surface area contributed by atoms with Crippen LogP contribution in [0.15, 0.2) is 72.8 Å². The summed E-state index contributed by atoms with van der Waals surface area (Å²) < 4.78 is 61.3. The fourth-order valence-electron chi connectivity index (χ4n) is 3.24. The molecule has 0 N–H and O–H groups in total. The van der Waals surface area contributed by atoms with Crippen LogP contribution in [0.25, 0.3) is 0 Å². The molecule has 0 radical (unpaired) electrons. The zero-order valence-electron chi connectivity index (χ0n) is 17.6. The van der Waals surface area contributed by atoms with Crippen LogP contribution in [-0.2, 0) is 4.74 Å². The Morgan fingerprint density at radius 2 is 1.58 bits per heavy atom. The molecule has 1 unspecified atom stereocenters. The third-order valence-corrected chi connectivity index (χ3v) is 4.69. The number of benzene rings is 3. The van der Waals surface area contributed by atoms with Crippen molar-refractivity contribution in [2.75, 3.05) is 6.61 Å². The van der Waals surface area contributed by atoms with E-state index in [0.29, 0.717) is 12.0 Å². The minimum absolute atomic E-state index is 0.150. The van der Waals surface area contributed by atoms with E-state index in [1.807, 2.05) is 6.92 Å². The molecule has 0 aliphatic carbocycles. The zero-order chi connectivity index (χ0) is 24.0. The summed E-state index contributed by atoms with van der Waals surface area (Å²) in [6.07, 6.45) is -5.15. The van der Waals surface area contributed by atoms with Crippen LogP contribution in [0, 0.1) is 5.82 Å². The molecule has 0 aliphatic heterocycles. The highest BCUT2D eigenvalue weighted by Crippen LogP contribution is 2.32.